The molecule has 2 aromatic heterocycles. The third kappa shape index (κ3) is 1.15. The first-order chi connectivity index (χ1) is 7.92. The molecule has 1 saturated heterocycles. The van der Waals surface area contributed by atoms with Gasteiger partial charge in [0.2, 0.25) is 0 Å². The maximum atomic E-state index is 4.51. The predicted molar refractivity (Wildman–Crippen MR) is 60.2 cm³/mol. The SMILES string of the molecule is c1cc2nc(NC3C4CNCC43)ccn2n1. The summed E-state index contributed by atoms with van der Waals surface area (Å²) in [4.78, 5) is 4.51. The Morgan fingerprint density at radius 1 is 1.31 bits per heavy atom. The van der Waals surface area contributed by atoms with Crippen molar-refractivity contribution in [3.63, 3.8) is 0 Å². The van der Waals surface area contributed by atoms with Gasteiger partial charge in [-0.1, -0.05) is 0 Å². The van der Waals surface area contributed by atoms with Crippen molar-refractivity contribution in [1.82, 2.24) is 19.9 Å². The summed E-state index contributed by atoms with van der Waals surface area (Å²) in [5.74, 6) is 2.58. The molecule has 2 aliphatic rings. The number of hydrogen-bond donors (Lipinski definition) is 2. The van der Waals surface area contributed by atoms with Crippen molar-refractivity contribution >= 4 is 11.5 Å². The van der Waals surface area contributed by atoms with E-state index in [2.05, 4.69) is 20.7 Å². The minimum atomic E-state index is 0.624. The highest BCUT2D eigenvalue weighted by Crippen LogP contribution is 2.43. The standard InChI is InChI=1S/C11H13N5/c1-3-13-16-4-2-9(14-10(1)16)15-11-7-5-12-6-8(7)11/h1-4,7-8,11-12H,5-6H2,(H,14,15). The Kier molecular flexibility index (Phi) is 1.57. The molecular weight excluding hydrogens is 202 g/mol. The lowest BCUT2D eigenvalue weighted by Crippen LogP contribution is -2.21. The number of aromatic nitrogens is 3. The van der Waals surface area contributed by atoms with Gasteiger partial charge < -0.3 is 10.6 Å². The number of hydrogen-bond acceptors (Lipinski definition) is 4. The summed E-state index contributed by atoms with van der Waals surface area (Å²) in [5.41, 5.74) is 0.897. The Labute approximate surface area is 92.9 Å². The maximum absolute atomic E-state index is 4.51. The zero-order valence-electron chi connectivity index (χ0n) is 8.80. The molecule has 0 aromatic carbocycles. The summed E-state index contributed by atoms with van der Waals surface area (Å²) in [5, 5.41) is 11.0. The van der Waals surface area contributed by atoms with Gasteiger partial charge in [0, 0.05) is 31.4 Å². The molecule has 1 aliphatic carbocycles. The quantitative estimate of drug-likeness (QED) is 0.759. The zero-order valence-corrected chi connectivity index (χ0v) is 8.80. The molecular formula is C11H13N5. The molecule has 0 radical (unpaired) electrons. The highest BCUT2D eigenvalue weighted by Gasteiger charge is 2.53. The fraction of sp³-hybridized carbons (Fsp3) is 0.455. The van der Waals surface area contributed by atoms with Crippen molar-refractivity contribution in [2.75, 3.05) is 18.4 Å². The van der Waals surface area contributed by atoms with Gasteiger partial charge in [-0.15, -0.1) is 0 Å². The molecule has 2 N–H and O–H groups in total. The van der Waals surface area contributed by atoms with E-state index in [-0.39, 0.29) is 0 Å². The molecule has 2 aromatic rings. The maximum Gasteiger partial charge on any atom is 0.157 e. The second kappa shape index (κ2) is 2.95. The van der Waals surface area contributed by atoms with E-state index in [0.29, 0.717) is 6.04 Å². The van der Waals surface area contributed by atoms with Crippen LogP contribution in [0.3, 0.4) is 0 Å². The summed E-state index contributed by atoms with van der Waals surface area (Å²) < 4.78 is 1.78. The number of fused-ring (bicyclic) bond motifs is 2. The molecule has 3 heterocycles. The number of rotatable bonds is 2. The van der Waals surface area contributed by atoms with Crippen LogP contribution in [0.15, 0.2) is 24.5 Å². The van der Waals surface area contributed by atoms with Gasteiger partial charge in [-0.05, 0) is 17.9 Å². The molecule has 1 aliphatic heterocycles. The summed E-state index contributed by atoms with van der Waals surface area (Å²) in [6, 6.07) is 4.53. The normalized spacial score (nSPS) is 31.6. The lowest BCUT2D eigenvalue weighted by molar-refractivity contribution is 0.695. The summed E-state index contributed by atoms with van der Waals surface area (Å²) in [6.07, 6.45) is 3.71. The number of nitrogens with zero attached hydrogens (tertiary/aromatic N) is 3. The van der Waals surface area contributed by atoms with Gasteiger partial charge in [0.25, 0.3) is 0 Å². The summed E-state index contributed by atoms with van der Waals surface area (Å²) in [6.45, 7) is 2.30. The van der Waals surface area contributed by atoms with Crippen LogP contribution in [0.1, 0.15) is 0 Å². The first-order valence-electron chi connectivity index (χ1n) is 5.69. The molecule has 5 heteroatoms. The number of anilines is 1. The molecule has 2 atom stereocenters. The van der Waals surface area contributed by atoms with Crippen molar-refractivity contribution in [1.29, 1.82) is 0 Å². The van der Waals surface area contributed by atoms with E-state index in [1.165, 1.54) is 0 Å². The zero-order chi connectivity index (χ0) is 10.5. The lowest BCUT2D eigenvalue weighted by atomic mass is 10.4. The third-order valence-corrected chi connectivity index (χ3v) is 3.66. The van der Waals surface area contributed by atoms with E-state index in [0.717, 1.165) is 36.4 Å². The highest BCUT2D eigenvalue weighted by atomic mass is 15.2. The van der Waals surface area contributed by atoms with Gasteiger partial charge in [0.1, 0.15) is 5.82 Å². The van der Waals surface area contributed by atoms with Crippen LogP contribution in [0.4, 0.5) is 5.82 Å². The van der Waals surface area contributed by atoms with Gasteiger partial charge in [-0.25, -0.2) is 9.50 Å². The molecule has 1 saturated carbocycles. The van der Waals surface area contributed by atoms with E-state index >= 15 is 0 Å². The van der Waals surface area contributed by atoms with E-state index in [9.17, 15) is 0 Å². The van der Waals surface area contributed by atoms with Crippen LogP contribution in [0.25, 0.3) is 5.65 Å². The van der Waals surface area contributed by atoms with Crippen LogP contribution in [0.2, 0.25) is 0 Å². The molecule has 0 spiro atoms. The molecule has 0 bridgehead atoms. The van der Waals surface area contributed by atoms with Crippen LogP contribution >= 0.6 is 0 Å². The summed E-state index contributed by atoms with van der Waals surface area (Å²) >= 11 is 0. The van der Waals surface area contributed by atoms with E-state index in [4.69, 9.17) is 0 Å². The second-order valence-electron chi connectivity index (χ2n) is 4.60. The Hall–Kier alpha value is -1.62. The van der Waals surface area contributed by atoms with E-state index in [1.54, 1.807) is 10.7 Å². The lowest BCUT2D eigenvalue weighted by Gasteiger charge is -2.07. The monoisotopic (exact) mass is 215 g/mol. The largest absolute Gasteiger partial charge is 0.367 e. The van der Waals surface area contributed by atoms with Crippen molar-refractivity contribution in [2.24, 2.45) is 11.8 Å². The van der Waals surface area contributed by atoms with Crippen molar-refractivity contribution in [3.05, 3.63) is 24.5 Å². The molecule has 16 heavy (non-hydrogen) atoms. The fourth-order valence-corrected chi connectivity index (χ4v) is 2.70. The Bertz CT molecular complexity index is 524. The van der Waals surface area contributed by atoms with Crippen molar-refractivity contribution in [2.45, 2.75) is 6.04 Å². The van der Waals surface area contributed by atoms with Gasteiger partial charge in [0.15, 0.2) is 5.65 Å². The minimum absolute atomic E-state index is 0.624. The Morgan fingerprint density at radius 2 is 2.19 bits per heavy atom. The minimum Gasteiger partial charge on any atom is -0.367 e. The number of piperidine rings is 1. The van der Waals surface area contributed by atoms with Gasteiger partial charge >= 0.3 is 0 Å². The fourth-order valence-electron chi connectivity index (χ4n) is 2.70. The third-order valence-electron chi connectivity index (χ3n) is 3.66. The van der Waals surface area contributed by atoms with Crippen LogP contribution in [-0.4, -0.2) is 33.7 Å². The molecule has 0 amide bonds. The van der Waals surface area contributed by atoms with Crippen LogP contribution < -0.4 is 10.6 Å². The first-order valence-corrected chi connectivity index (χ1v) is 5.69. The van der Waals surface area contributed by atoms with Crippen LogP contribution in [-0.2, 0) is 0 Å². The topological polar surface area (TPSA) is 54.2 Å². The molecule has 2 unspecified atom stereocenters. The average Bonchev–Trinajstić information content (AvgIpc) is 2.78. The van der Waals surface area contributed by atoms with Gasteiger partial charge in [-0.2, -0.15) is 5.10 Å². The molecule has 4 rings (SSSR count). The summed E-state index contributed by atoms with van der Waals surface area (Å²) in [7, 11) is 0. The van der Waals surface area contributed by atoms with Crippen molar-refractivity contribution in [3.8, 4) is 0 Å². The van der Waals surface area contributed by atoms with E-state index < -0.39 is 0 Å². The Balaban J connectivity index is 1.58. The van der Waals surface area contributed by atoms with Crippen LogP contribution in [0.5, 0.6) is 0 Å². The van der Waals surface area contributed by atoms with Crippen molar-refractivity contribution < 1.29 is 0 Å². The first kappa shape index (κ1) is 8.52. The predicted octanol–water partition coefficient (Wildman–Crippen LogP) is 0.359. The molecule has 82 valence electrons. The smallest absolute Gasteiger partial charge is 0.157 e. The van der Waals surface area contributed by atoms with E-state index in [1.807, 2.05) is 18.3 Å². The average molecular weight is 215 g/mol. The van der Waals surface area contributed by atoms with Gasteiger partial charge in [0.05, 0.1) is 6.20 Å². The van der Waals surface area contributed by atoms with Crippen LogP contribution in [0, 0.1) is 11.8 Å². The molecule has 5 nitrogen and oxygen atoms in total. The number of nitrogens with one attached hydrogen (secondary N) is 2. The highest BCUT2D eigenvalue weighted by molar-refractivity contribution is 5.47. The second-order valence-corrected chi connectivity index (χ2v) is 4.60. The van der Waals surface area contributed by atoms with Gasteiger partial charge in [-0.3, -0.25) is 0 Å². The molecule has 2 fully saturated rings. The Morgan fingerprint density at radius 3 is 3.06 bits per heavy atom.